The summed E-state index contributed by atoms with van der Waals surface area (Å²) in [6.07, 6.45) is 0. The third-order valence-electron chi connectivity index (χ3n) is 3.05. The Balaban J connectivity index is 1.76. The average Bonchev–Trinajstić information content (AvgIpc) is 2.99. The average molecular weight is 416 g/mol. The van der Waals surface area contributed by atoms with Gasteiger partial charge in [-0.1, -0.05) is 0 Å². The Morgan fingerprint density at radius 1 is 1.22 bits per heavy atom. The fraction of sp³-hybridized carbons (Fsp3) is 0.312. The molecule has 124 valence electrons. The fourth-order valence-corrected chi connectivity index (χ4v) is 4.37. The van der Waals surface area contributed by atoms with Crippen molar-refractivity contribution in [2.24, 2.45) is 0 Å². The van der Waals surface area contributed by atoms with Gasteiger partial charge in [-0.25, -0.2) is 0 Å². The lowest BCUT2D eigenvalue weighted by molar-refractivity contribution is 0.0956. The minimum absolute atomic E-state index is 0.106. The van der Waals surface area contributed by atoms with Crippen LogP contribution in [0, 0.1) is 0 Å². The second-order valence-corrected chi connectivity index (χ2v) is 8.24. The molecular formula is C16H18BrNO3S2. The minimum Gasteiger partial charge on any atom is -0.493 e. The number of amides is 1. The van der Waals surface area contributed by atoms with Crippen molar-refractivity contribution in [3.8, 4) is 11.5 Å². The van der Waals surface area contributed by atoms with E-state index in [9.17, 15) is 4.79 Å². The van der Waals surface area contributed by atoms with Crippen molar-refractivity contribution >= 4 is 44.9 Å². The van der Waals surface area contributed by atoms with Crippen LogP contribution in [0.15, 0.2) is 34.1 Å². The molecule has 2 aromatic rings. The highest BCUT2D eigenvalue weighted by molar-refractivity contribution is 9.11. The number of rotatable bonds is 8. The Labute approximate surface area is 152 Å². The molecule has 1 aromatic carbocycles. The first kappa shape index (κ1) is 18.2. The molecule has 0 saturated heterocycles. The van der Waals surface area contributed by atoms with E-state index >= 15 is 0 Å². The van der Waals surface area contributed by atoms with Crippen LogP contribution in [0.3, 0.4) is 0 Å². The van der Waals surface area contributed by atoms with Crippen molar-refractivity contribution in [1.29, 1.82) is 0 Å². The summed E-state index contributed by atoms with van der Waals surface area (Å²) < 4.78 is 11.5. The van der Waals surface area contributed by atoms with Crippen molar-refractivity contribution in [2.45, 2.75) is 5.75 Å². The lowest BCUT2D eigenvalue weighted by Crippen LogP contribution is -2.25. The summed E-state index contributed by atoms with van der Waals surface area (Å²) >= 11 is 6.99. The molecule has 0 aliphatic rings. The summed E-state index contributed by atoms with van der Waals surface area (Å²) in [4.78, 5) is 13.5. The van der Waals surface area contributed by atoms with Crippen LogP contribution in [0.25, 0.3) is 0 Å². The van der Waals surface area contributed by atoms with Gasteiger partial charge in [0.2, 0.25) is 0 Å². The lowest BCUT2D eigenvalue weighted by atomic mass is 10.2. The highest BCUT2D eigenvalue weighted by Gasteiger charge is 2.10. The maximum atomic E-state index is 12.1. The van der Waals surface area contributed by atoms with Gasteiger partial charge in [-0.3, -0.25) is 4.79 Å². The number of thioether (sulfide) groups is 1. The van der Waals surface area contributed by atoms with Gasteiger partial charge in [0.15, 0.2) is 11.5 Å². The van der Waals surface area contributed by atoms with Gasteiger partial charge in [-0.05, 0) is 46.3 Å². The van der Waals surface area contributed by atoms with E-state index in [-0.39, 0.29) is 5.91 Å². The molecular weight excluding hydrogens is 398 g/mol. The van der Waals surface area contributed by atoms with Crippen molar-refractivity contribution in [1.82, 2.24) is 5.32 Å². The van der Waals surface area contributed by atoms with Crippen LogP contribution in [0.4, 0.5) is 0 Å². The van der Waals surface area contributed by atoms with Gasteiger partial charge >= 0.3 is 0 Å². The molecule has 0 fully saturated rings. The standard InChI is InChI=1S/C16H18BrNO3S2/c1-20-13-5-3-11(9-14(13)21-2)16(19)18-7-8-22-10-12-4-6-15(17)23-12/h3-6,9H,7-8,10H2,1-2H3,(H,18,19). The maximum absolute atomic E-state index is 12.1. The van der Waals surface area contributed by atoms with Crippen molar-refractivity contribution in [3.05, 3.63) is 44.6 Å². The highest BCUT2D eigenvalue weighted by Crippen LogP contribution is 2.27. The van der Waals surface area contributed by atoms with E-state index in [1.54, 1.807) is 55.5 Å². The zero-order chi connectivity index (χ0) is 16.7. The van der Waals surface area contributed by atoms with Crippen LogP contribution in [0.1, 0.15) is 15.2 Å². The molecule has 0 aliphatic carbocycles. The molecule has 1 N–H and O–H groups in total. The van der Waals surface area contributed by atoms with E-state index in [2.05, 4.69) is 33.4 Å². The Bertz CT molecular complexity index is 661. The fourth-order valence-electron chi connectivity index (χ4n) is 1.92. The van der Waals surface area contributed by atoms with Crippen LogP contribution in [0.5, 0.6) is 11.5 Å². The highest BCUT2D eigenvalue weighted by atomic mass is 79.9. The summed E-state index contributed by atoms with van der Waals surface area (Å²) in [5.74, 6) is 2.89. The molecule has 0 radical (unpaired) electrons. The number of hydrogen-bond donors (Lipinski definition) is 1. The molecule has 4 nitrogen and oxygen atoms in total. The van der Waals surface area contributed by atoms with Crippen LogP contribution in [-0.2, 0) is 5.75 Å². The molecule has 1 aromatic heterocycles. The zero-order valence-electron chi connectivity index (χ0n) is 12.9. The monoisotopic (exact) mass is 415 g/mol. The van der Waals surface area contributed by atoms with E-state index in [1.807, 2.05) is 0 Å². The number of halogens is 1. The third-order valence-corrected chi connectivity index (χ3v) is 5.87. The van der Waals surface area contributed by atoms with Crippen LogP contribution in [0.2, 0.25) is 0 Å². The first-order chi connectivity index (χ1) is 11.1. The third kappa shape index (κ3) is 5.44. The van der Waals surface area contributed by atoms with E-state index in [0.29, 0.717) is 23.6 Å². The topological polar surface area (TPSA) is 47.6 Å². The number of carbonyl (C=O) groups is 1. The van der Waals surface area contributed by atoms with E-state index in [0.717, 1.165) is 15.3 Å². The predicted octanol–water partition coefficient (Wildman–Crippen LogP) is 4.19. The summed E-state index contributed by atoms with van der Waals surface area (Å²) in [6.45, 7) is 0.629. The lowest BCUT2D eigenvalue weighted by Gasteiger charge is -2.10. The Morgan fingerprint density at radius 2 is 2.00 bits per heavy atom. The normalized spacial score (nSPS) is 10.4. The van der Waals surface area contributed by atoms with Gasteiger partial charge in [0.1, 0.15) is 0 Å². The molecule has 0 unspecified atom stereocenters. The molecule has 1 amide bonds. The van der Waals surface area contributed by atoms with E-state index in [4.69, 9.17) is 9.47 Å². The van der Waals surface area contributed by atoms with Crippen molar-refractivity contribution in [2.75, 3.05) is 26.5 Å². The summed E-state index contributed by atoms with van der Waals surface area (Å²) in [7, 11) is 3.13. The Hall–Kier alpha value is -1.18. The molecule has 0 atom stereocenters. The summed E-state index contributed by atoms with van der Waals surface area (Å²) in [5, 5.41) is 2.92. The SMILES string of the molecule is COc1ccc(C(=O)NCCSCc2ccc(Br)s2)cc1OC. The number of carbonyl (C=O) groups excluding carboxylic acids is 1. The Morgan fingerprint density at radius 3 is 2.65 bits per heavy atom. The zero-order valence-corrected chi connectivity index (χ0v) is 16.1. The van der Waals surface area contributed by atoms with Crippen LogP contribution >= 0.6 is 39.0 Å². The molecule has 0 bridgehead atoms. The predicted molar refractivity (Wildman–Crippen MR) is 100 cm³/mol. The number of nitrogens with one attached hydrogen (secondary N) is 1. The molecule has 0 spiro atoms. The van der Waals surface area contributed by atoms with Crippen LogP contribution < -0.4 is 14.8 Å². The van der Waals surface area contributed by atoms with E-state index < -0.39 is 0 Å². The molecule has 0 aliphatic heterocycles. The first-order valence-corrected chi connectivity index (χ1v) is 9.72. The van der Waals surface area contributed by atoms with Gasteiger partial charge in [-0.2, -0.15) is 11.8 Å². The van der Waals surface area contributed by atoms with Crippen molar-refractivity contribution in [3.63, 3.8) is 0 Å². The largest absolute Gasteiger partial charge is 0.493 e. The quantitative estimate of drug-likeness (QED) is 0.656. The molecule has 0 saturated carbocycles. The van der Waals surface area contributed by atoms with Gasteiger partial charge in [0, 0.05) is 28.5 Å². The molecule has 23 heavy (non-hydrogen) atoms. The number of thiophene rings is 1. The smallest absolute Gasteiger partial charge is 0.251 e. The number of benzene rings is 1. The van der Waals surface area contributed by atoms with Crippen LogP contribution in [-0.4, -0.2) is 32.4 Å². The second kappa shape index (κ2) is 9.20. The van der Waals surface area contributed by atoms with Gasteiger partial charge in [0.05, 0.1) is 18.0 Å². The Kier molecular flexibility index (Phi) is 7.26. The molecule has 7 heteroatoms. The number of ether oxygens (including phenoxy) is 2. The maximum Gasteiger partial charge on any atom is 0.251 e. The second-order valence-electron chi connectivity index (χ2n) is 4.58. The number of methoxy groups -OCH3 is 2. The summed E-state index contributed by atoms with van der Waals surface area (Å²) in [5.41, 5.74) is 0.565. The first-order valence-electron chi connectivity index (χ1n) is 6.96. The van der Waals surface area contributed by atoms with Crippen molar-refractivity contribution < 1.29 is 14.3 Å². The van der Waals surface area contributed by atoms with Gasteiger partial charge in [0.25, 0.3) is 5.91 Å². The molecule has 1 heterocycles. The minimum atomic E-state index is -0.106. The summed E-state index contributed by atoms with van der Waals surface area (Å²) in [6, 6.07) is 9.32. The van der Waals surface area contributed by atoms with E-state index in [1.165, 1.54) is 4.88 Å². The van der Waals surface area contributed by atoms with Gasteiger partial charge < -0.3 is 14.8 Å². The number of hydrogen-bond acceptors (Lipinski definition) is 5. The van der Waals surface area contributed by atoms with Gasteiger partial charge in [-0.15, -0.1) is 11.3 Å². The molecule has 2 rings (SSSR count).